The van der Waals surface area contributed by atoms with Crippen molar-refractivity contribution in [3.05, 3.63) is 59.3 Å². The predicted molar refractivity (Wildman–Crippen MR) is 125 cm³/mol. The summed E-state index contributed by atoms with van der Waals surface area (Å²) in [5.74, 6) is 0.780. The number of rotatable bonds is 6. The fourth-order valence-electron chi connectivity index (χ4n) is 4.21. The van der Waals surface area contributed by atoms with Crippen molar-refractivity contribution in [2.24, 2.45) is 13.0 Å². The molecule has 5 heterocycles. The van der Waals surface area contributed by atoms with Gasteiger partial charge in [-0.1, -0.05) is 6.07 Å². The molecule has 0 aliphatic carbocycles. The maximum absolute atomic E-state index is 13.0. The molecule has 33 heavy (non-hydrogen) atoms. The summed E-state index contributed by atoms with van der Waals surface area (Å²) in [7, 11) is 1.93. The molecular weight excluding hydrogens is 436 g/mol. The van der Waals surface area contributed by atoms with E-state index in [1.807, 2.05) is 47.6 Å². The molecule has 0 unspecified atom stereocenters. The Labute approximate surface area is 197 Å². The molecule has 0 spiro atoms. The fourth-order valence-corrected chi connectivity index (χ4v) is 5.29. The Bertz CT molecular complexity index is 1220. The number of anilines is 1. The number of carbonyl (C=O) groups excluding carboxylic acids is 1. The molecule has 3 aromatic heterocycles. The van der Waals surface area contributed by atoms with E-state index in [0.717, 1.165) is 41.6 Å². The van der Waals surface area contributed by atoms with Gasteiger partial charge in [0.1, 0.15) is 11.5 Å². The summed E-state index contributed by atoms with van der Waals surface area (Å²) in [6, 6.07) is 10.2. The molecule has 1 amide bonds. The molecule has 2 aliphatic rings. The van der Waals surface area contributed by atoms with Gasteiger partial charge in [0.2, 0.25) is 0 Å². The van der Waals surface area contributed by atoms with E-state index in [-0.39, 0.29) is 11.8 Å². The summed E-state index contributed by atoms with van der Waals surface area (Å²) in [6.07, 6.45) is 3.59. The molecule has 1 N–H and O–H groups in total. The Hall–Kier alpha value is -3.29. The summed E-state index contributed by atoms with van der Waals surface area (Å²) in [4.78, 5) is 20.7. The second-order valence-electron chi connectivity index (χ2n) is 8.44. The van der Waals surface area contributed by atoms with Crippen LogP contribution in [0.4, 0.5) is 5.82 Å². The maximum Gasteiger partial charge on any atom is 0.268 e. The molecule has 0 bridgehead atoms. The number of pyridine rings is 1. The van der Waals surface area contributed by atoms with E-state index in [2.05, 4.69) is 36.7 Å². The molecule has 1 saturated heterocycles. The Morgan fingerprint density at radius 1 is 1.30 bits per heavy atom. The van der Waals surface area contributed by atoms with Crippen molar-refractivity contribution in [1.82, 2.24) is 29.0 Å². The summed E-state index contributed by atoms with van der Waals surface area (Å²) >= 11 is 1.69. The predicted octanol–water partition coefficient (Wildman–Crippen LogP) is 2.34. The lowest BCUT2D eigenvalue weighted by Gasteiger charge is -2.37. The van der Waals surface area contributed by atoms with Crippen LogP contribution in [0.5, 0.6) is 0 Å². The fraction of sp³-hybridized carbons (Fsp3) is 0.391. The topological polar surface area (TPSA) is 95.0 Å². The molecular formula is C23H26N8OS. The standard InChI is InChI=1S/C23H26N8OS/c1-16-21(33-30-8-9-31-19(15-30)5-7-27-31)10-20(28(16)2)23(32)26-12-18-4-3-6-25-22(18)29-13-17(11-24)14-29/h3-7,10,17H,8-9,12-15H2,1-2H3,(H,26,32). The third kappa shape index (κ3) is 4.21. The van der Waals surface area contributed by atoms with Crippen molar-refractivity contribution >= 4 is 23.7 Å². The minimum atomic E-state index is -0.113. The lowest BCUT2D eigenvalue weighted by atomic mass is 10.0. The van der Waals surface area contributed by atoms with E-state index in [9.17, 15) is 4.79 Å². The number of aromatic nitrogens is 4. The smallest absolute Gasteiger partial charge is 0.268 e. The Morgan fingerprint density at radius 3 is 2.97 bits per heavy atom. The van der Waals surface area contributed by atoms with E-state index in [4.69, 9.17) is 5.26 Å². The van der Waals surface area contributed by atoms with Crippen LogP contribution in [0, 0.1) is 24.2 Å². The molecule has 1 fully saturated rings. The second-order valence-corrected chi connectivity index (χ2v) is 9.58. The van der Waals surface area contributed by atoms with Crippen LogP contribution < -0.4 is 10.2 Å². The first-order chi connectivity index (χ1) is 16.0. The Kier molecular flexibility index (Phi) is 5.83. The number of amides is 1. The third-order valence-corrected chi connectivity index (χ3v) is 7.50. The highest BCUT2D eigenvalue weighted by Crippen LogP contribution is 2.31. The van der Waals surface area contributed by atoms with Crippen LogP contribution in [-0.2, 0) is 26.7 Å². The molecule has 3 aromatic rings. The average molecular weight is 463 g/mol. The first-order valence-corrected chi connectivity index (χ1v) is 11.8. The van der Waals surface area contributed by atoms with Crippen LogP contribution in [0.15, 0.2) is 41.6 Å². The first-order valence-electron chi connectivity index (χ1n) is 11.0. The lowest BCUT2D eigenvalue weighted by Crippen LogP contribution is -2.47. The van der Waals surface area contributed by atoms with Gasteiger partial charge in [-0.25, -0.2) is 9.29 Å². The van der Waals surface area contributed by atoms with E-state index < -0.39 is 0 Å². The first kappa shape index (κ1) is 21.6. The van der Waals surface area contributed by atoms with Crippen molar-refractivity contribution in [3.8, 4) is 6.07 Å². The molecule has 170 valence electrons. The quantitative estimate of drug-likeness (QED) is 0.562. The largest absolute Gasteiger partial charge is 0.354 e. The summed E-state index contributed by atoms with van der Waals surface area (Å²) in [6.45, 7) is 6.40. The summed E-state index contributed by atoms with van der Waals surface area (Å²) in [5.41, 5.74) is 3.86. The monoisotopic (exact) mass is 462 g/mol. The third-order valence-electron chi connectivity index (χ3n) is 6.32. The van der Waals surface area contributed by atoms with Crippen molar-refractivity contribution in [2.75, 3.05) is 24.5 Å². The number of hydrogen-bond acceptors (Lipinski definition) is 7. The van der Waals surface area contributed by atoms with Gasteiger partial charge in [0.15, 0.2) is 0 Å². The van der Waals surface area contributed by atoms with Crippen molar-refractivity contribution in [3.63, 3.8) is 0 Å². The zero-order chi connectivity index (χ0) is 22.9. The normalized spacial score (nSPS) is 16.2. The van der Waals surface area contributed by atoms with Gasteiger partial charge in [-0.3, -0.25) is 9.48 Å². The van der Waals surface area contributed by atoms with Gasteiger partial charge < -0.3 is 14.8 Å². The van der Waals surface area contributed by atoms with Gasteiger partial charge in [-0.15, -0.1) is 0 Å². The molecule has 0 radical (unpaired) electrons. The minimum Gasteiger partial charge on any atom is -0.354 e. The van der Waals surface area contributed by atoms with Gasteiger partial charge in [-0.05, 0) is 37.1 Å². The Morgan fingerprint density at radius 2 is 2.15 bits per heavy atom. The second kappa shape index (κ2) is 8.92. The van der Waals surface area contributed by atoms with Gasteiger partial charge in [0, 0.05) is 61.8 Å². The number of nitriles is 1. The van der Waals surface area contributed by atoms with E-state index in [0.29, 0.717) is 25.3 Å². The van der Waals surface area contributed by atoms with Crippen LogP contribution in [0.2, 0.25) is 0 Å². The van der Waals surface area contributed by atoms with E-state index in [1.54, 1.807) is 18.1 Å². The van der Waals surface area contributed by atoms with Crippen LogP contribution >= 0.6 is 11.9 Å². The van der Waals surface area contributed by atoms with Crippen LogP contribution in [0.1, 0.15) is 27.4 Å². The van der Waals surface area contributed by atoms with Gasteiger partial charge in [0.25, 0.3) is 5.91 Å². The molecule has 9 nitrogen and oxygen atoms in total. The van der Waals surface area contributed by atoms with Crippen molar-refractivity contribution in [1.29, 1.82) is 5.26 Å². The van der Waals surface area contributed by atoms with E-state index >= 15 is 0 Å². The number of carbonyl (C=O) groups is 1. The Balaban J connectivity index is 1.25. The summed E-state index contributed by atoms with van der Waals surface area (Å²) < 4.78 is 6.30. The number of fused-ring (bicyclic) bond motifs is 1. The number of hydrogen-bond donors (Lipinski definition) is 1. The molecule has 0 atom stereocenters. The SMILES string of the molecule is Cc1c(SN2CCn3nccc3C2)cc(C(=O)NCc2cccnc2N2CC(C#N)C2)n1C. The van der Waals surface area contributed by atoms with E-state index in [1.165, 1.54) is 5.69 Å². The van der Waals surface area contributed by atoms with Crippen LogP contribution in [-0.4, -0.2) is 49.2 Å². The van der Waals surface area contributed by atoms with Crippen molar-refractivity contribution in [2.45, 2.75) is 31.5 Å². The maximum atomic E-state index is 13.0. The zero-order valence-electron chi connectivity index (χ0n) is 18.7. The zero-order valence-corrected chi connectivity index (χ0v) is 19.5. The highest BCUT2D eigenvalue weighted by molar-refractivity contribution is 7.97. The number of nitrogens with one attached hydrogen (secondary N) is 1. The van der Waals surface area contributed by atoms with Gasteiger partial charge >= 0.3 is 0 Å². The molecule has 5 rings (SSSR count). The molecule has 2 aliphatic heterocycles. The molecule has 0 aromatic carbocycles. The lowest BCUT2D eigenvalue weighted by molar-refractivity contribution is 0.0942. The van der Waals surface area contributed by atoms with Crippen LogP contribution in [0.3, 0.4) is 0 Å². The van der Waals surface area contributed by atoms with Crippen molar-refractivity contribution < 1.29 is 4.79 Å². The molecule has 0 saturated carbocycles. The highest BCUT2D eigenvalue weighted by Gasteiger charge is 2.29. The minimum absolute atomic E-state index is 0.0529. The van der Waals surface area contributed by atoms with Crippen LogP contribution in [0.25, 0.3) is 0 Å². The average Bonchev–Trinajstić information content (AvgIpc) is 3.37. The van der Waals surface area contributed by atoms with Gasteiger partial charge in [0.05, 0.1) is 30.8 Å². The highest BCUT2D eigenvalue weighted by atomic mass is 32.2. The van der Waals surface area contributed by atoms with Gasteiger partial charge in [-0.2, -0.15) is 10.4 Å². The molecule has 10 heteroatoms. The summed E-state index contributed by atoms with van der Waals surface area (Å²) in [5, 5.41) is 16.4. The number of nitrogens with zero attached hydrogens (tertiary/aromatic N) is 7.